The summed E-state index contributed by atoms with van der Waals surface area (Å²) in [7, 11) is 0. The molecule has 20 heavy (non-hydrogen) atoms. The minimum absolute atomic E-state index is 0.161. The van der Waals surface area contributed by atoms with E-state index in [1.165, 1.54) is 12.8 Å². The molecule has 5 heteroatoms. The van der Waals surface area contributed by atoms with E-state index in [1.54, 1.807) is 18.2 Å². The van der Waals surface area contributed by atoms with Crippen LogP contribution in [-0.4, -0.2) is 43.6 Å². The molecule has 0 aromatic heterocycles. The largest absolute Gasteiger partial charge is 0.493 e. The fourth-order valence-electron chi connectivity index (χ4n) is 2.49. The highest BCUT2D eigenvalue weighted by Crippen LogP contribution is 2.24. The van der Waals surface area contributed by atoms with Gasteiger partial charge < -0.3 is 20.7 Å². The second kappa shape index (κ2) is 7.14. The summed E-state index contributed by atoms with van der Waals surface area (Å²) in [5.74, 6) is 0.386. The van der Waals surface area contributed by atoms with Crippen LogP contribution in [-0.2, 0) is 0 Å². The number of likely N-dealkylation sites (tertiary alicyclic amines) is 1. The summed E-state index contributed by atoms with van der Waals surface area (Å²) in [5, 5.41) is 2.92. The number of ether oxygens (including phenoxy) is 1. The Kier molecular flexibility index (Phi) is 5.24. The average Bonchev–Trinajstić information content (AvgIpc) is 2.92. The zero-order chi connectivity index (χ0) is 14.4. The van der Waals surface area contributed by atoms with Crippen LogP contribution in [0, 0.1) is 0 Å². The molecule has 1 aliphatic heterocycles. The van der Waals surface area contributed by atoms with Gasteiger partial charge in [-0.25, -0.2) is 0 Å². The normalized spacial score (nSPS) is 15.2. The first-order valence-corrected chi connectivity index (χ1v) is 7.24. The molecule has 1 amide bonds. The Morgan fingerprint density at radius 1 is 1.40 bits per heavy atom. The van der Waals surface area contributed by atoms with E-state index in [-0.39, 0.29) is 5.91 Å². The molecule has 110 valence electrons. The molecule has 1 fully saturated rings. The van der Waals surface area contributed by atoms with Crippen molar-refractivity contribution >= 4 is 11.6 Å². The smallest absolute Gasteiger partial charge is 0.257 e. The highest BCUT2D eigenvalue weighted by Gasteiger charge is 2.16. The number of anilines is 1. The van der Waals surface area contributed by atoms with Crippen LogP contribution in [0.2, 0.25) is 0 Å². The monoisotopic (exact) mass is 277 g/mol. The average molecular weight is 277 g/mol. The number of nitrogens with one attached hydrogen (secondary N) is 1. The van der Waals surface area contributed by atoms with E-state index in [0.29, 0.717) is 30.2 Å². The van der Waals surface area contributed by atoms with Crippen LogP contribution in [0.1, 0.15) is 30.1 Å². The summed E-state index contributed by atoms with van der Waals surface area (Å²) in [6.45, 7) is 6.19. The molecule has 1 aromatic carbocycles. The van der Waals surface area contributed by atoms with Gasteiger partial charge in [0.25, 0.3) is 5.91 Å². The van der Waals surface area contributed by atoms with Crippen LogP contribution >= 0.6 is 0 Å². The van der Waals surface area contributed by atoms with Gasteiger partial charge in [0.15, 0.2) is 0 Å². The third-order valence-electron chi connectivity index (χ3n) is 3.50. The Balaban J connectivity index is 1.93. The highest BCUT2D eigenvalue weighted by atomic mass is 16.5. The van der Waals surface area contributed by atoms with Gasteiger partial charge in [-0.05, 0) is 45.0 Å². The van der Waals surface area contributed by atoms with Crippen molar-refractivity contribution in [3.05, 3.63) is 23.8 Å². The Morgan fingerprint density at radius 3 is 2.85 bits per heavy atom. The number of nitrogen functional groups attached to an aromatic ring is 1. The molecule has 0 radical (unpaired) electrons. The number of nitrogens with two attached hydrogens (primary N) is 1. The maximum atomic E-state index is 12.2. The van der Waals surface area contributed by atoms with Crippen LogP contribution in [0.5, 0.6) is 5.75 Å². The second-order valence-electron chi connectivity index (χ2n) is 4.96. The van der Waals surface area contributed by atoms with Crippen LogP contribution < -0.4 is 15.8 Å². The summed E-state index contributed by atoms with van der Waals surface area (Å²) < 4.78 is 5.47. The lowest BCUT2D eigenvalue weighted by atomic mass is 10.1. The van der Waals surface area contributed by atoms with Crippen LogP contribution in [0.15, 0.2) is 18.2 Å². The van der Waals surface area contributed by atoms with E-state index in [4.69, 9.17) is 10.5 Å². The molecular weight excluding hydrogens is 254 g/mol. The number of carbonyl (C=O) groups excluding carboxylic acids is 1. The molecule has 5 nitrogen and oxygen atoms in total. The molecule has 0 bridgehead atoms. The van der Waals surface area contributed by atoms with E-state index >= 15 is 0 Å². The van der Waals surface area contributed by atoms with Crippen molar-refractivity contribution in [2.24, 2.45) is 0 Å². The van der Waals surface area contributed by atoms with Crippen molar-refractivity contribution in [3.8, 4) is 5.75 Å². The lowest BCUT2D eigenvalue weighted by Gasteiger charge is -2.16. The van der Waals surface area contributed by atoms with Crippen molar-refractivity contribution in [3.63, 3.8) is 0 Å². The van der Waals surface area contributed by atoms with Crippen LogP contribution in [0.4, 0.5) is 5.69 Å². The zero-order valence-corrected chi connectivity index (χ0v) is 12.0. The lowest BCUT2D eigenvalue weighted by molar-refractivity contribution is 0.0947. The third kappa shape index (κ3) is 3.63. The number of rotatable bonds is 6. The number of amides is 1. The molecule has 1 aromatic rings. The number of hydrogen-bond acceptors (Lipinski definition) is 4. The van der Waals surface area contributed by atoms with Crippen molar-refractivity contribution in [2.75, 3.05) is 38.5 Å². The maximum absolute atomic E-state index is 12.2. The number of benzene rings is 1. The van der Waals surface area contributed by atoms with Crippen molar-refractivity contribution in [1.82, 2.24) is 10.2 Å². The van der Waals surface area contributed by atoms with E-state index in [1.807, 2.05) is 6.92 Å². The first-order valence-electron chi connectivity index (χ1n) is 7.24. The summed E-state index contributed by atoms with van der Waals surface area (Å²) in [4.78, 5) is 14.6. The summed E-state index contributed by atoms with van der Waals surface area (Å²) >= 11 is 0. The molecule has 1 saturated heterocycles. The first-order chi connectivity index (χ1) is 9.72. The van der Waals surface area contributed by atoms with Gasteiger partial charge in [0, 0.05) is 18.8 Å². The van der Waals surface area contributed by atoms with Gasteiger partial charge in [-0.2, -0.15) is 0 Å². The zero-order valence-electron chi connectivity index (χ0n) is 12.0. The van der Waals surface area contributed by atoms with E-state index < -0.39 is 0 Å². The molecule has 1 heterocycles. The van der Waals surface area contributed by atoms with Crippen molar-refractivity contribution < 1.29 is 9.53 Å². The fourth-order valence-corrected chi connectivity index (χ4v) is 2.49. The molecule has 2 rings (SSSR count). The Bertz CT molecular complexity index is 456. The standard InChI is InChI=1S/C15H23N3O2/c1-2-20-13-7-5-6-12(16)14(13)15(19)17-8-11-18-9-3-4-10-18/h5-7H,2-4,8-11,16H2,1H3,(H,17,19). The summed E-state index contributed by atoms with van der Waals surface area (Å²) in [6.07, 6.45) is 2.52. The molecule has 0 saturated carbocycles. The topological polar surface area (TPSA) is 67.6 Å². The maximum Gasteiger partial charge on any atom is 0.257 e. The van der Waals surface area contributed by atoms with Gasteiger partial charge in [0.2, 0.25) is 0 Å². The Morgan fingerprint density at radius 2 is 2.15 bits per heavy atom. The van der Waals surface area contributed by atoms with Gasteiger partial charge >= 0.3 is 0 Å². The quantitative estimate of drug-likeness (QED) is 0.773. The summed E-state index contributed by atoms with van der Waals surface area (Å²) in [6, 6.07) is 5.29. The third-order valence-corrected chi connectivity index (χ3v) is 3.50. The van der Waals surface area contributed by atoms with Gasteiger partial charge in [-0.3, -0.25) is 4.79 Å². The molecular formula is C15H23N3O2. The molecule has 0 atom stereocenters. The molecule has 0 aliphatic carbocycles. The highest BCUT2D eigenvalue weighted by molar-refractivity contribution is 6.01. The fraction of sp³-hybridized carbons (Fsp3) is 0.533. The van der Waals surface area contributed by atoms with E-state index in [0.717, 1.165) is 19.6 Å². The van der Waals surface area contributed by atoms with Gasteiger partial charge in [0.05, 0.1) is 6.61 Å². The second-order valence-corrected chi connectivity index (χ2v) is 4.96. The van der Waals surface area contributed by atoms with Crippen molar-refractivity contribution in [1.29, 1.82) is 0 Å². The van der Waals surface area contributed by atoms with Gasteiger partial charge in [-0.15, -0.1) is 0 Å². The van der Waals surface area contributed by atoms with E-state index in [9.17, 15) is 4.79 Å². The SMILES string of the molecule is CCOc1cccc(N)c1C(=O)NCCN1CCCC1. The molecule has 0 spiro atoms. The van der Waals surface area contributed by atoms with Gasteiger partial charge in [0.1, 0.15) is 11.3 Å². The predicted molar refractivity (Wildman–Crippen MR) is 80.0 cm³/mol. The minimum atomic E-state index is -0.161. The lowest BCUT2D eigenvalue weighted by Crippen LogP contribution is -2.34. The van der Waals surface area contributed by atoms with Crippen LogP contribution in [0.25, 0.3) is 0 Å². The number of hydrogen-bond donors (Lipinski definition) is 2. The van der Waals surface area contributed by atoms with Crippen molar-refractivity contribution in [2.45, 2.75) is 19.8 Å². The molecule has 0 unspecified atom stereocenters. The molecule has 1 aliphatic rings. The van der Waals surface area contributed by atoms with Crippen LogP contribution in [0.3, 0.4) is 0 Å². The Hall–Kier alpha value is -1.75. The van der Waals surface area contributed by atoms with E-state index in [2.05, 4.69) is 10.2 Å². The Labute approximate surface area is 120 Å². The summed E-state index contributed by atoms with van der Waals surface area (Å²) in [5.41, 5.74) is 6.79. The van der Waals surface area contributed by atoms with Gasteiger partial charge in [-0.1, -0.05) is 6.07 Å². The number of carbonyl (C=O) groups is 1. The number of nitrogens with zero attached hydrogens (tertiary/aromatic N) is 1. The minimum Gasteiger partial charge on any atom is -0.493 e. The predicted octanol–water partition coefficient (Wildman–Crippen LogP) is 1.49. The molecule has 3 N–H and O–H groups in total. The first kappa shape index (κ1) is 14.7.